The molecule has 0 radical (unpaired) electrons. The summed E-state index contributed by atoms with van der Waals surface area (Å²) in [4.78, 5) is 0. The minimum absolute atomic E-state index is 0.171. The van der Waals surface area contributed by atoms with Crippen LogP contribution in [0, 0.1) is 5.92 Å². The lowest BCUT2D eigenvalue weighted by Crippen LogP contribution is -2.13. The standard InChI is InChI=1S/C7H12O2/c1-3-6-5(2)4-9-7(6)8/h6-8H,2-4H2,1H3/t6-,7+/m0/s1. The molecule has 9 heavy (non-hydrogen) atoms. The molecule has 1 aliphatic rings. The Balaban J connectivity index is 2.55. The smallest absolute Gasteiger partial charge is 0.161 e. The number of hydrogen-bond acceptors (Lipinski definition) is 2. The molecule has 2 nitrogen and oxygen atoms in total. The van der Waals surface area contributed by atoms with E-state index in [1.54, 1.807) is 0 Å². The number of aliphatic hydroxyl groups is 1. The SMILES string of the molecule is C=C1CO[C@@H](O)[C@H]1CC. The van der Waals surface area contributed by atoms with Gasteiger partial charge in [0, 0.05) is 5.92 Å². The van der Waals surface area contributed by atoms with Crippen LogP contribution < -0.4 is 0 Å². The van der Waals surface area contributed by atoms with Crippen molar-refractivity contribution < 1.29 is 9.84 Å². The van der Waals surface area contributed by atoms with Gasteiger partial charge in [0.05, 0.1) is 6.61 Å². The van der Waals surface area contributed by atoms with E-state index in [0.717, 1.165) is 12.0 Å². The van der Waals surface area contributed by atoms with Crippen molar-refractivity contribution in [3.8, 4) is 0 Å². The zero-order chi connectivity index (χ0) is 6.85. The van der Waals surface area contributed by atoms with Crippen molar-refractivity contribution in [2.45, 2.75) is 19.6 Å². The topological polar surface area (TPSA) is 29.5 Å². The van der Waals surface area contributed by atoms with Crippen LogP contribution in [0.5, 0.6) is 0 Å². The van der Waals surface area contributed by atoms with E-state index in [-0.39, 0.29) is 5.92 Å². The Morgan fingerprint density at radius 1 is 1.89 bits per heavy atom. The van der Waals surface area contributed by atoms with Crippen LogP contribution in [0.2, 0.25) is 0 Å². The summed E-state index contributed by atoms with van der Waals surface area (Å²) in [7, 11) is 0. The van der Waals surface area contributed by atoms with Gasteiger partial charge in [-0.15, -0.1) is 0 Å². The van der Waals surface area contributed by atoms with Gasteiger partial charge in [-0.2, -0.15) is 0 Å². The molecule has 0 aromatic heterocycles. The van der Waals surface area contributed by atoms with Crippen LogP contribution in [-0.2, 0) is 4.74 Å². The van der Waals surface area contributed by atoms with Gasteiger partial charge in [0.1, 0.15) is 0 Å². The summed E-state index contributed by atoms with van der Waals surface area (Å²) in [6.45, 7) is 6.32. The van der Waals surface area contributed by atoms with Crippen molar-refractivity contribution >= 4 is 0 Å². The fraction of sp³-hybridized carbons (Fsp3) is 0.714. The molecule has 0 unspecified atom stereocenters. The molecule has 0 spiro atoms. The predicted molar refractivity (Wildman–Crippen MR) is 34.9 cm³/mol. The van der Waals surface area contributed by atoms with Gasteiger partial charge in [-0.05, 0) is 12.0 Å². The fourth-order valence-electron chi connectivity index (χ4n) is 1.11. The molecule has 1 aliphatic heterocycles. The van der Waals surface area contributed by atoms with E-state index < -0.39 is 6.29 Å². The quantitative estimate of drug-likeness (QED) is 0.532. The molecule has 2 atom stereocenters. The fourth-order valence-corrected chi connectivity index (χ4v) is 1.11. The first-order valence-electron chi connectivity index (χ1n) is 3.23. The number of aliphatic hydroxyl groups excluding tert-OH is 1. The molecule has 1 saturated heterocycles. The Bertz CT molecular complexity index is 120. The minimum atomic E-state index is -0.595. The highest BCUT2D eigenvalue weighted by molar-refractivity contribution is 5.05. The molecule has 0 amide bonds. The summed E-state index contributed by atoms with van der Waals surface area (Å²) in [6.07, 6.45) is 0.322. The van der Waals surface area contributed by atoms with Crippen LogP contribution in [0.3, 0.4) is 0 Å². The summed E-state index contributed by atoms with van der Waals surface area (Å²) < 4.78 is 4.92. The summed E-state index contributed by atoms with van der Waals surface area (Å²) in [5.74, 6) is 0.171. The van der Waals surface area contributed by atoms with Crippen LogP contribution in [0.4, 0.5) is 0 Å². The van der Waals surface area contributed by atoms with Crippen LogP contribution in [0.25, 0.3) is 0 Å². The molecule has 52 valence electrons. The van der Waals surface area contributed by atoms with E-state index in [0.29, 0.717) is 6.61 Å². The maximum Gasteiger partial charge on any atom is 0.161 e. The van der Waals surface area contributed by atoms with Crippen molar-refractivity contribution in [2.75, 3.05) is 6.61 Å². The second kappa shape index (κ2) is 2.50. The van der Waals surface area contributed by atoms with Crippen molar-refractivity contribution in [1.82, 2.24) is 0 Å². The molecule has 0 aliphatic carbocycles. The lowest BCUT2D eigenvalue weighted by molar-refractivity contribution is -0.0823. The first-order valence-corrected chi connectivity index (χ1v) is 3.23. The van der Waals surface area contributed by atoms with Gasteiger partial charge in [0.15, 0.2) is 6.29 Å². The second-order valence-corrected chi connectivity index (χ2v) is 2.37. The van der Waals surface area contributed by atoms with E-state index in [1.165, 1.54) is 0 Å². The van der Waals surface area contributed by atoms with Crippen molar-refractivity contribution in [3.63, 3.8) is 0 Å². The maximum atomic E-state index is 9.08. The molecular formula is C7H12O2. The molecule has 1 rings (SSSR count). The lowest BCUT2D eigenvalue weighted by Gasteiger charge is -2.09. The van der Waals surface area contributed by atoms with E-state index in [9.17, 15) is 0 Å². The van der Waals surface area contributed by atoms with Crippen molar-refractivity contribution in [3.05, 3.63) is 12.2 Å². The summed E-state index contributed by atoms with van der Waals surface area (Å²) in [6, 6.07) is 0. The minimum Gasteiger partial charge on any atom is -0.367 e. The van der Waals surface area contributed by atoms with Crippen LogP contribution in [0.15, 0.2) is 12.2 Å². The van der Waals surface area contributed by atoms with Crippen LogP contribution >= 0.6 is 0 Å². The lowest BCUT2D eigenvalue weighted by atomic mass is 10.0. The van der Waals surface area contributed by atoms with Gasteiger partial charge in [-0.1, -0.05) is 13.5 Å². The number of rotatable bonds is 1. The molecule has 0 aromatic carbocycles. The van der Waals surface area contributed by atoms with Gasteiger partial charge in [0.2, 0.25) is 0 Å². The molecule has 1 heterocycles. The van der Waals surface area contributed by atoms with E-state index in [4.69, 9.17) is 9.84 Å². The average molecular weight is 128 g/mol. The average Bonchev–Trinajstić information content (AvgIpc) is 2.12. The predicted octanol–water partition coefficient (Wildman–Crippen LogP) is 0.917. The molecule has 1 N–H and O–H groups in total. The zero-order valence-electron chi connectivity index (χ0n) is 5.63. The van der Waals surface area contributed by atoms with Gasteiger partial charge in [-0.3, -0.25) is 0 Å². The van der Waals surface area contributed by atoms with E-state index in [2.05, 4.69) is 6.58 Å². The summed E-state index contributed by atoms with van der Waals surface area (Å²) in [5, 5.41) is 9.08. The molecule has 0 aromatic rings. The van der Waals surface area contributed by atoms with Gasteiger partial charge in [0.25, 0.3) is 0 Å². The first-order chi connectivity index (χ1) is 4.25. The Hall–Kier alpha value is -0.340. The molecule has 2 heteroatoms. The normalized spacial score (nSPS) is 35.6. The monoisotopic (exact) mass is 128 g/mol. The Kier molecular flexibility index (Phi) is 1.88. The Morgan fingerprint density at radius 2 is 2.56 bits per heavy atom. The largest absolute Gasteiger partial charge is 0.367 e. The van der Waals surface area contributed by atoms with E-state index in [1.807, 2.05) is 6.92 Å². The van der Waals surface area contributed by atoms with Crippen molar-refractivity contribution in [2.24, 2.45) is 5.92 Å². The number of ether oxygens (including phenoxy) is 1. The van der Waals surface area contributed by atoms with Crippen LogP contribution in [0.1, 0.15) is 13.3 Å². The molecule has 1 fully saturated rings. The second-order valence-electron chi connectivity index (χ2n) is 2.37. The molecule has 0 bridgehead atoms. The highest BCUT2D eigenvalue weighted by Gasteiger charge is 2.27. The summed E-state index contributed by atoms with van der Waals surface area (Å²) >= 11 is 0. The van der Waals surface area contributed by atoms with Gasteiger partial charge < -0.3 is 9.84 Å². The molecule has 0 saturated carbocycles. The highest BCUT2D eigenvalue weighted by atomic mass is 16.6. The van der Waals surface area contributed by atoms with Gasteiger partial charge in [-0.25, -0.2) is 0 Å². The van der Waals surface area contributed by atoms with Gasteiger partial charge >= 0.3 is 0 Å². The Labute approximate surface area is 55.1 Å². The van der Waals surface area contributed by atoms with E-state index >= 15 is 0 Å². The summed E-state index contributed by atoms with van der Waals surface area (Å²) in [5.41, 5.74) is 1.02. The third-order valence-electron chi connectivity index (χ3n) is 1.75. The number of hydrogen-bond donors (Lipinski definition) is 1. The zero-order valence-corrected chi connectivity index (χ0v) is 5.63. The van der Waals surface area contributed by atoms with Crippen LogP contribution in [-0.4, -0.2) is 18.0 Å². The first kappa shape index (κ1) is 6.78. The van der Waals surface area contributed by atoms with Crippen molar-refractivity contribution in [1.29, 1.82) is 0 Å². The maximum absolute atomic E-state index is 9.08. The molecular weight excluding hydrogens is 116 g/mol. The third-order valence-corrected chi connectivity index (χ3v) is 1.75. The Morgan fingerprint density at radius 3 is 2.78 bits per heavy atom. The highest BCUT2D eigenvalue weighted by Crippen LogP contribution is 2.25. The third kappa shape index (κ3) is 1.14.